The van der Waals surface area contributed by atoms with Crippen LogP contribution in [0.5, 0.6) is 0 Å². The molecule has 0 saturated carbocycles. The summed E-state index contributed by atoms with van der Waals surface area (Å²) in [6.45, 7) is 17.7. The SMILES string of the molecule is CC1=C(C)C(C)[C]([Co])=C1C.[C]=O.[C]=O. The van der Waals surface area contributed by atoms with Crippen LogP contribution in [0.15, 0.2) is 21.2 Å². The summed E-state index contributed by atoms with van der Waals surface area (Å²) in [4.78, 5) is 15.0. The molecule has 0 saturated heterocycles. The van der Waals surface area contributed by atoms with E-state index < -0.39 is 0 Å². The first kappa shape index (κ1) is 15.8. The van der Waals surface area contributed by atoms with E-state index in [1.165, 1.54) is 21.2 Å². The predicted molar refractivity (Wildman–Crippen MR) is 51.6 cm³/mol. The van der Waals surface area contributed by atoms with Crippen molar-refractivity contribution in [3.05, 3.63) is 21.2 Å². The Morgan fingerprint density at radius 2 is 1.36 bits per heavy atom. The van der Waals surface area contributed by atoms with E-state index in [-0.39, 0.29) is 0 Å². The Morgan fingerprint density at radius 3 is 1.43 bits per heavy atom. The van der Waals surface area contributed by atoms with Gasteiger partial charge < -0.3 is 0 Å². The molecule has 0 amide bonds. The zero-order chi connectivity index (χ0) is 11.9. The molecule has 0 fully saturated rings. The van der Waals surface area contributed by atoms with E-state index in [2.05, 4.69) is 57.0 Å². The van der Waals surface area contributed by atoms with E-state index in [1.54, 1.807) is 0 Å². The second kappa shape index (κ2) is 7.70. The third-order valence-electron chi connectivity index (χ3n) is 2.51. The summed E-state index contributed by atoms with van der Waals surface area (Å²) in [5.41, 5.74) is 4.27. The quantitative estimate of drug-likeness (QED) is 0.644. The maximum absolute atomic E-state index is 7.50. The van der Waals surface area contributed by atoms with Crippen LogP contribution < -0.4 is 0 Å². The number of carbonyl (C=O) groups excluding carboxylic acids is 2. The first-order valence-electron chi connectivity index (χ1n) is 3.98. The molecule has 1 atom stereocenters. The Kier molecular flexibility index (Phi) is 8.69. The van der Waals surface area contributed by atoms with E-state index >= 15 is 0 Å². The zero-order valence-electron chi connectivity index (χ0n) is 8.73. The molecule has 78 valence electrons. The molecular weight excluding hydrogens is 223 g/mol. The molecule has 0 bridgehead atoms. The molecule has 0 aromatic heterocycles. The molecule has 0 aromatic rings. The average molecular weight is 236 g/mol. The Morgan fingerprint density at radius 1 is 1.00 bits per heavy atom. The van der Waals surface area contributed by atoms with Gasteiger partial charge in [-0.05, 0) is 0 Å². The van der Waals surface area contributed by atoms with E-state index in [1.807, 2.05) is 0 Å². The summed E-state index contributed by atoms with van der Waals surface area (Å²) in [6, 6.07) is 0. The fraction of sp³-hybridized carbons (Fsp3) is 0.455. The van der Waals surface area contributed by atoms with Crippen molar-refractivity contribution in [1.29, 1.82) is 0 Å². The summed E-state index contributed by atoms with van der Waals surface area (Å²) in [5, 5.41) is 0. The minimum absolute atomic E-state index is 0.556. The predicted octanol–water partition coefficient (Wildman–Crippen LogP) is 2.00. The smallest absolute Gasteiger partial charge is 0.281 e. The molecule has 0 N–H and O–H groups in total. The maximum Gasteiger partial charge on any atom is 0.281 e. The van der Waals surface area contributed by atoms with Gasteiger partial charge in [0.1, 0.15) is 0 Å². The zero-order valence-corrected chi connectivity index (χ0v) is 9.77. The van der Waals surface area contributed by atoms with Gasteiger partial charge in [-0.25, -0.2) is 0 Å². The number of hydrogen-bond acceptors (Lipinski definition) is 2. The van der Waals surface area contributed by atoms with Crippen LogP contribution in [0.3, 0.4) is 0 Å². The van der Waals surface area contributed by atoms with Crippen molar-refractivity contribution in [2.45, 2.75) is 27.7 Å². The van der Waals surface area contributed by atoms with E-state index in [0.29, 0.717) is 5.92 Å². The van der Waals surface area contributed by atoms with Crippen LogP contribution in [0.25, 0.3) is 0 Å². The van der Waals surface area contributed by atoms with Gasteiger partial charge in [0.05, 0.1) is 0 Å². The van der Waals surface area contributed by atoms with Gasteiger partial charge >= 0.3 is 70.6 Å². The molecular formula is C11H13CoO2. The van der Waals surface area contributed by atoms with E-state index in [0.717, 1.165) is 0 Å². The van der Waals surface area contributed by atoms with Crippen LogP contribution >= 0.6 is 0 Å². The van der Waals surface area contributed by atoms with Crippen LogP contribution in [-0.2, 0) is 25.3 Å². The van der Waals surface area contributed by atoms with Crippen LogP contribution in [0.2, 0.25) is 0 Å². The van der Waals surface area contributed by atoms with Gasteiger partial charge in [-0.2, -0.15) is 0 Å². The Labute approximate surface area is 94.0 Å². The van der Waals surface area contributed by atoms with Gasteiger partial charge in [0.2, 0.25) is 0 Å². The monoisotopic (exact) mass is 236 g/mol. The Bertz CT molecular complexity index is 228. The first-order valence-corrected chi connectivity index (χ1v) is 4.50. The fourth-order valence-electron chi connectivity index (χ4n) is 1.30. The average Bonchev–Trinajstić information content (AvgIpc) is 2.42. The molecule has 0 aromatic carbocycles. The van der Waals surface area contributed by atoms with Gasteiger partial charge in [-0.15, -0.1) is 0 Å². The molecule has 2 nitrogen and oxygen atoms in total. The van der Waals surface area contributed by atoms with Crippen molar-refractivity contribution in [2.75, 3.05) is 0 Å². The van der Waals surface area contributed by atoms with Gasteiger partial charge in [0.25, 0.3) is 13.6 Å². The summed E-state index contributed by atoms with van der Waals surface area (Å²) in [5.74, 6) is 0.556. The van der Waals surface area contributed by atoms with Gasteiger partial charge in [-0.3, -0.25) is 9.59 Å². The van der Waals surface area contributed by atoms with Crippen LogP contribution in [0.4, 0.5) is 0 Å². The van der Waals surface area contributed by atoms with Crippen molar-refractivity contribution in [3.8, 4) is 0 Å². The van der Waals surface area contributed by atoms with Crippen molar-refractivity contribution in [3.63, 3.8) is 0 Å². The summed E-state index contributed by atoms with van der Waals surface area (Å²) in [7, 11) is 0. The molecule has 3 heteroatoms. The third-order valence-corrected chi connectivity index (χ3v) is 3.35. The van der Waals surface area contributed by atoms with E-state index in [4.69, 9.17) is 9.59 Å². The number of hydrogen-bond donors (Lipinski definition) is 0. The molecule has 1 rings (SSSR count). The summed E-state index contributed by atoms with van der Waals surface area (Å²) < 4.78 is 1.24. The molecule has 1 unspecified atom stereocenters. The number of allylic oxidation sites excluding steroid dienone is 4. The van der Waals surface area contributed by atoms with Crippen molar-refractivity contribution < 1.29 is 25.3 Å². The normalized spacial score (nSPS) is 19.7. The standard InChI is InChI=1S/C9H13.2CO.Co/c1-6-5-7(2)9(4)8(6)3;2*1-2;/h6H,1-4H3;;;. The fourth-order valence-corrected chi connectivity index (χ4v) is 1.72. The molecule has 0 heterocycles. The maximum atomic E-state index is 7.50. The molecule has 0 aliphatic heterocycles. The van der Waals surface area contributed by atoms with Gasteiger partial charge in [-0.1, -0.05) is 0 Å². The van der Waals surface area contributed by atoms with Crippen molar-refractivity contribution in [1.82, 2.24) is 0 Å². The van der Waals surface area contributed by atoms with Gasteiger partial charge in [0, 0.05) is 0 Å². The van der Waals surface area contributed by atoms with Crippen molar-refractivity contribution in [2.24, 2.45) is 5.92 Å². The minimum Gasteiger partial charge on any atom is -0.281 e. The molecule has 0 spiro atoms. The van der Waals surface area contributed by atoms with Crippen LogP contribution in [-0.4, -0.2) is 13.6 Å². The second-order valence-electron chi connectivity index (χ2n) is 2.98. The van der Waals surface area contributed by atoms with Crippen molar-refractivity contribution >= 4 is 13.6 Å². The molecule has 14 heavy (non-hydrogen) atoms. The second-order valence-corrected chi connectivity index (χ2v) is 3.54. The topological polar surface area (TPSA) is 34.1 Å². The van der Waals surface area contributed by atoms with Crippen LogP contribution in [0, 0.1) is 5.92 Å². The van der Waals surface area contributed by atoms with E-state index in [9.17, 15) is 0 Å². The molecule has 1 aliphatic rings. The first-order chi connectivity index (χ1) is 6.55. The summed E-state index contributed by atoms with van der Waals surface area (Å²) >= 11 is 4.49. The minimum atomic E-state index is 0.556. The summed E-state index contributed by atoms with van der Waals surface area (Å²) in [6.07, 6.45) is 0. The number of rotatable bonds is 0. The largest absolute Gasteiger partial charge is 0.281 e. The molecule has 1 aliphatic carbocycles. The third kappa shape index (κ3) is 3.23. The Hall–Kier alpha value is -0.674. The molecule has 4 radical (unpaired) electrons. The van der Waals surface area contributed by atoms with Crippen LogP contribution in [0.1, 0.15) is 27.7 Å². The van der Waals surface area contributed by atoms with Gasteiger partial charge in [0.15, 0.2) is 0 Å². The Balaban J connectivity index is 0.